The molecule has 3 rings (SSSR count). The monoisotopic (exact) mass is 419 g/mol. The van der Waals surface area contributed by atoms with Crippen LogP contribution in [0.5, 0.6) is 0 Å². The van der Waals surface area contributed by atoms with Gasteiger partial charge in [0, 0.05) is 25.3 Å². The topological polar surface area (TPSA) is 69.7 Å². The second-order valence-electron chi connectivity index (χ2n) is 7.48. The maximum Gasteiger partial charge on any atom is 0.282 e. The minimum atomic E-state index is -3.80. The zero-order valence-corrected chi connectivity index (χ0v) is 17.5. The van der Waals surface area contributed by atoms with Gasteiger partial charge >= 0.3 is 0 Å². The van der Waals surface area contributed by atoms with Crippen LogP contribution in [0.1, 0.15) is 37.3 Å². The SMILES string of the molecule is CC(C)c1ccc(NC(=O)CN2CCCN(Cc3cccc(F)c3)S2(=O)=O)cc1. The van der Waals surface area contributed by atoms with E-state index in [4.69, 9.17) is 0 Å². The van der Waals surface area contributed by atoms with E-state index in [-0.39, 0.29) is 19.6 Å². The summed E-state index contributed by atoms with van der Waals surface area (Å²) < 4.78 is 41.6. The molecule has 0 aromatic heterocycles. The van der Waals surface area contributed by atoms with Gasteiger partial charge in [-0.3, -0.25) is 4.79 Å². The van der Waals surface area contributed by atoms with Gasteiger partial charge in [0.2, 0.25) is 5.91 Å². The molecule has 8 heteroatoms. The molecule has 0 spiro atoms. The lowest BCUT2D eigenvalue weighted by molar-refractivity contribution is -0.116. The average Bonchev–Trinajstić information content (AvgIpc) is 2.65. The molecule has 6 nitrogen and oxygen atoms in total. The summed E-state index contributed by atoms with van der Waals surface area (Å²) in [6.45, 7) is 4.62. The number of hydrogen-bond donors (Lipinski definition) is 1. The molecule has 0 atom stereocenters. The summed E-state index contributed by atoms with van der Waals surface area (Å²) in [5, 5.41) is 2.75. The van der Waals surface area contributed by atoms with Crippen LogP contribution >= 0.6 is 0 Å². The molecule has 1 amide bonds. The summed E-state index contributed by atoms with van der Waals surface area (Å²) in [6, 6.07) is 13.4. The number of benzene rings is 2. The van der Waals surface area contributed by atoms with Crippen LogP contribution in [0.2, 0.25) is 0 Å². The third-order valence-electron chi connectivity index (χ3n) is 4.90. The maximum absolute atomic E-state index is 13.4. The van der Waals surface area contributed by atoms with Crippen LogP contribution in [0.15, 0.2) is 48.5 Å². The number of carbonyl (C=O) groups excluding carboxylic acids is 1. The molecule has 0 bridgehead atoms. The minimum absolute atomic E-state index is 0.0783. The third kappa shape index (κ3) is 5.41. The molecule has 2 aromatic rings. The largest absolute Gasteiger partial charge is 0.325 e. The maximum atomic E-state index is 13.4. The smallest absolute Gasteiger partial charge is 0.282 e. The normalized spacial score (nSPS) is 17.4. The first-order chi connectivity index (χ1) is 13.8. The van der Waals surface area contributed by atoms with Gasteiger partial charge in [0.15, 0.2) is 0 Å². The highest BCUT2D eigenvalue weighted by atomic mass is 32.2. The van der Waals surface area contributed by atoms with Crippen molar-refractivity contribution in [1.82, 2.24) is 8.61 Å². The second-order valence-corrected chi connectivity index (χ2v) is 9.41. The van der Waals surface area contributed by atoms with E-state index >= 15 is 0 Å². The van der Waals surface area contributed by atoms with Crippen molar-refractivity contribution < 1.29 is 17.6 Å². The molecule has 1 fully saturated rings. The van der Waals surface area contributed by atoms with Crippen LogP contribution in [0.4, 0.5) is 10.1 Å². The number of halogens is 1. The molecule has 0 saturated carbocycles. The fraction of sp³-hybridized carbons (Fsp3) is 0.381. The number of hydrogen-bond acceptors (Lipinski definition) is 3. The Hall–Kier alpha value is -2.29. The first-order valence-corrected chi connectivity index (χ1v) is 11.0. The van der Waals surface area contributed by atoms with Crippen LogP contribution in [-0.4, -0.2) is 42.6 Å². The molecular weight excluding hydrogens is 393 g/mol. The van der Waals surface area contributed by atoms with E-state index in [1.165, 1.54) is 20.7 Å². The standard InChI is InChI=1S/C21H26FN3O3S/c1-16(2)18-7-9-20(10-8-18)23-21(26)15-25-12-4-11-24(29(25,27)28)14-17-5-3-6-19(22)13-17/h3,5-10,13,16H,4,11-12,14-15H2,1-2H3,(H,23,26). The summed E-state index contributed by atoms with van der Waals surface area (Å²) in [5.41, 5.74) is 2.37. The van der Waals surface area contributed by atoms with Gasteiger partial charge in [-0.05, 0) is 47.7 Å². The van der Waals surface area contributed by atoms with Gasteiger partial charge in [0.25, 0.3) is 10.2 Å². The van der Waals surface area contributed by atoms with Crippen LogP contribution in [-0.2, 0) is 21.5 Å². The zero-order valence-electron chi connectivity index (χ0n) is 16.6. The van der Waals surface area contributed by atoms with Crippen molar-refractivity contribution in [2.75, 3.05) is 25.0 Å². The highest BCUT2D eigenvalue weighted by Crippen LogP contribution is 2.20. The predicted molar refractivity (Wildman–Crippen MR) is 111 cm³/mol. The molecule has 2 aromatic carbocycles. The molecule has 1 aliphatic heterocycles. The summed E-state index contributed by atoms with van der Waals surface area (Å²) in [5.74, 6) is -0.405. The summed E-state index contributed by atoms with van der Waals surface area (Å²) in [7, 11) is -3.80. The van der Waals surface area contributed by atoms with Crippen LogP contribution in [0.3, 0.4) is 0 Å². The molecule has 0 aliphatic carbocycles. The molecule has 0 unspecified atom stereocenters. The van der Waals surface area contributed by atoms with E-state index in [1.807, 2.05) is 24.3 Å². The van der Waals surface area contributed by atoms with E-state index in [1.54, 1.807) is 12.1 Å². The first-order valence-electron chi connectivity index (χ1n) is 9.65. The Kier molecular flexibility index (Phi) is 6.66. The third-order valence-corrected chi connectivity index (χ3v) is 6.83. The Labute approximate surface area is 171 Å². The molecule has 1 saturated heterocycles. The van der Waals surface area contributed by atoms with Gasteiger partial charge in [0.1, 0.15) is 5.82 Å². The highest BCUT2D eigenvalue weighted by Gasteiger charge is 2.34. The van der Waals surface area contributed by atoms with Gasteiger partial charge in [-0.2, -0.15) is 17.0 Å². The highest BCUT2D eigenvalue weighted by molar-refractivity contribution is 7.86. The summed E-state index contributed by atoms with van der Waals surface area (Å²) in [4.78, 5) is 12.4. The lowest BCUT2D eigenvalue weighted by Gasteiger charge is -2.34. The minimum Gasteiger partial charge on any atom is -0.325 e. The van der Waals surface area contributed by atoms with E-state index in [2.05, 4.69) is 19.2 Å². The van der Waals surface area contributed by atoms with Crippen LogP contribution in [0, 0.1) is 5.82 Å². The molecule has 29 heavy (non-hydrogen) atoms. The van der Waals surface area contributed by atoms with Crippen molar-refractivity contribution >= 4 is 21.8 Å². The van der Waals surface area contributed by atoms with Crippen LogP contribution in [0.25, 0.3) is 0 Å². The molecule has 156 valence electrons. The molecule has 1 heterocycles. The summed E-state index contributed by atoms with van der Waals surface area (Å²) >= 11 is 0. The lowest BCUT2D eigenvalue weighted by atomic mass is 10.0. The van der Waals surface area contributed by atoms with Gasteiger partial charge in [0.05, 0.1) is 6.54 Å². The van der Waals surface area contributed by atoms with E-state index in [9.17, 15) is 17.6 Å². The molecular formula is C21H26FN3O3S. The first kappa shape index (κ1) is 21.4. The van der Waals surface area contributed by atoms with Crippen molar-refractivity contribution in [2.45, 2.75) is 32.7 Å². The Morgan fingerprint density at radius 3 is 2.45 bits per heavy atom. The van der Waals surface area contributed by atoms with Gasteiger partial charge in [-0.15, -0.1) is 0 Å². The number of nitrogens with one attached hydrogen (secondary N) is 1. The number of nitrogens with zero attached hydrogens (tertiary/aromatic N) is 2. The lowest BCUT2D eigenvalue weighted by Crippen LogP contribution is -2.51. The average molecular weight is 420 g/mol. The van der Waals surface area contributed by atoms with Gasteiger partial charge in [-0.1, -0.05) is 38.1 Å². The van der Waals surface area contributed by atoms with Crippen molar-refractivity contribution in [3.05, 3.63) is 65.5 Å². The van der Waals surface area contributed by atoms with Crippen LogP contribution < -0.4 is 5.32 Å². The van der Waals surface area contributed by atoms with E-state index in [0.29, 0.717) is 30.1 Å². The van der Waals surface area contributed by atoms with Crippen molar-refractivity contribution in [2.24, 2.45) is 0 Å². The van der Waals surface area contributed by atoms with E-state index in [0.717, 1.165) is 5.56 Å². The Morgan fingerprint density at radius 2 is 1.79 bits per heavy atom. The molecule has 1 aliphatic rings. The van der Waals surface area contributed by atoms with Crippen molar-refractivity contribution in [1.29, 1.82) is 0 Å². The van der Waals surface area contributed by atoms with Crippen molar-refractivity contribution in [3.63, 3.8) is 0 Å². The van der Waals surface area contributed by atoms with Gasteiger partial charge < -0.3 is 5.32 Å². The molecule has 0 radical (unpaired) electrons. The fourth-order valence-corrected chi connectivity index (χ4v) is 4.93. The quantitative estimate of drug-likeness (QED) is 0.781. The second kappa shape index (κ2) is 9.02. The molecule has 1 N–H and O–H groups in total. The Bertz CT molecular complexity index is 961. The van der Waals surface area contributed by atoms with E-state index < -0.39 is 21.9 Å². The number of rotatable bonds is 6. The number of carbonyl (C=O) groups is 1. The fourth-order valence-electron chi connectivity index (χ4n) is 3.29. The zero-order chi connectivity index (χ0) is 21.0. The number of amides is 1. The Morgan fingerprint density at radius 1 is 1.10 bits per heavy atom. The number of anilines is 1. The van der Waals surface area contributed by atoms with Gasteiger partial charge in [-0.25, -0.2) is 4.39 Å². The predicted octanol–water partition coefficient (Wildman–Crippen LogP) is 3.34. The Balaban J connectivity index is 1.64. The van der Waals surface area contributed by atoms with Crippen molar-refractivity contribution in [3.8, 4) is 0 Å². The summed E-state index contributed by atoms with van der Waals surface area (Å²) in [6.07, 6.45) is 0.602.